The Balaban J connectivity index is 0.00000240. The summed E-state index contributed by atoms with van der Waals surface area (Å²) in [5.41, 5.74) is 3.03. The van der Waals surface area contributed by atoms with Crippen LogP contribution in [0.15, 0.2) is 41.7 Å². The molecular formula is C20H22N3NaO4S. The molecule has 1 atom stereocenters. The Labute approximate surface area is 194 Å². The maximum absolute atomic E-state index is 12.8. The summed E-state index contributed by atoms with van der Waals surface area (Å²) in [6.45, 7) is 6.56. The van der Waals surface area contributed by atoms with Crippen LogP contribution in [0.5, 0.6) is 5.75 Å². The summed E-state index contributed by atoms with van der Waals surface area (Å²) in [4.78, 5) is 13.1. The van der Waals surface area contributed by atoms with Gasteiger partial charge in [-0.1, -0.05) is 24.3 Å². The quantitative estimate of drug-likeness (QED) is 0.523. The number of benzene rings is 1. The van der Waals surface area contributed by atoms with Crippen LogP contribution in [0.25, 0.3) is 11.0 Å². The van der Waals surface area contributed by atoms with Crippen LogP contribution in [-0.2, 0) is 26.0 Å². The first-order chi connectivity index (χ1) is 13.4. The molecule has 0 spiro atoms. The Morgan fingerprint density at radius 1 is 1.24 bits per heavy atom. The second kappa shape index (κ2) is 9.24. The number of rotatable bonds is 5. The van der Waals surface area contributed by atoms with Crippen LogP contribution in [-0.4, -0.2) is 39.3 Å². The van der Waals surface area contributed by atoms with Crippen molar-refractivity contribution in [2.45, 2.75) is 43.6 Å². The fourth-order valence-electron chi connectivity index (χ4n) is 2.93. The van der Waals surface area contributed by atoms with Crippen LogP contribution >= 0.6 is 0 Å². The first kappa shape index (κ1) is 22.4. The molecular weight excluding hydrogens is 401 g/mol. The molecule has 1 aliphatic heterocycles. The van der Waals surface area contributed by atoms with E-state index in [1.165, 1.54) is 0 Å². The summed E-state index contributed by atoms with van der Waals surface area (Å²) < 4.78 is 30.1. The topological polar surface area (TPSA) is 84.6 Å². The molecule has 9 heteroatoms. The van der Waals surface area contributed by atoms with E-state index in [4.69, 9.17) is 14.2 Å². The number of imidazole rings is 1. The predicted octanol–water partition coefficient (Wildman–Crippen LogP) is -0.262. The molecule has 1 aliphatic rings. The van der Waals surface area contributed by atoms with Gasteiger partial charge in [0.25, 0.3) is 0 Å². The van der Waals surface area contributed by atoms with E-state index >= 15 is 0 Å². The number of nitrogens with zero attached hydrogens (tertiary/aromatic N) is 3. The van der Waals surface area contributed by atoms with Crippen molar-refractivity contribution in [1.82, 2.24) is 15.0 Å². The second-order valence-electron chi connectivity index (χ2n) is 7.13. The van der Waals surface area contributed by atoms with Gasteiger partial charge in [-0.25, -0.2) is 0 Å². The normalized spacial score (nSPS) is 17.6. The van der Waals surface area contributed by atoms with Gasteiger partial charge in [-0.15, -0.1) is 0 Å². The molecule has 1 unspecified atom stereocenters. The minimum Gasteiger partial charge on any atom is -0.485 e. The monoisotopic (exact) mass is 423 g/mol. The van der Waals surface area contributed by atoms with E-state index in [-0.39, 0.29) is 41.4 Å². The van der Waals surface area contributed by atoms with Crippen molar-refractivity contribution in [3.05, 3.63) is 47.8 Å². The molecule has 1 saturated heterocycles. The number of aromatic nitrogens is 3. The standard InChI is InChI=1S/C20H22N3O4S.Na/c1-13-17(12-28(24)19-22-15-6-4-5-7-16(15)23-19)21-9-8-18(13)27-14-10-25-20(2,3)26-11-14;/h4-9,14H,10-12H2,1-3H3;/q-1;+1. The van der Waals surface area contributed by atoms with Crippen LogP contribution in [0.1, 0.15) is 25.1 Å². The first-order valence-corrected chi connectivity index (χ1v) is 10.4. The van der Waals surface area contributed by atoms with Gasteiger partial charge in [0.05, 0.1) is 35.5 Å². The summed E-state index contributed by atoms with van der Waals surface area (Å²) >= 11 is 0. The molecule has 3 aromatic rings. The van der Waals surface area contributed by atoms with Crippen LogP contribution < -0.4 is 39.3 Å². The van der Waals surface area contributed by atoms with Gasteiger partial charge >= 0.3 is 29.6 Å². The Morgan fingerprint density at radius 2 is 1.97 bits per heavy atom. The van der Waals surface area contributed by atoms with Gasteiger partial charge in [0.15, 0.2) is 5.79 Å². The zero-order valence-electron chi connectivity index (χ0n) is 17.0. The molecule has 1 fully saturated rings. The summed E-state index contributed by atoms with van der Waals surface area (Å²) in [6, 6.07) is 9.29. The molecule has 0 aliphatic carbocycles. The van der Waals surface area contributed by atoms with E-state index in [2.05, 4.69) is 15.0 Å². The number of ether oxygens (including phenoxy) is 3. The fourth-order valence-corrected chi connectivity index (χ4v) is 4.00. The summed E-state index contributed by atoms with van der Waals surface area (Å²) in [7, 11) is -1.39. The first-order valence-electron chi connectivity index (χ1n) is 9.08. The predicted molar refractivity (Wildman–Crippen MR) is 105 cm³/mol. The van der Waals surface area contributed by atoms with Gasteiger partial charge < -0.3 is 24.2 Å². The fraction of sp³-hybridized carbons (Fsp3) is 0.400. The van der Waals surface area contributed by atoms with E-state index < -0.39 is 16.6 Å². The van der Waals surface area contributed by atoms with Gasteiger partial charge in [0.2, 0.25) is 0 Å². The molecule has 7 nitrogen and oxygen atoms in total. The molecule has 0 amide bonds. The van der Waals surface area contributed by atoms with Gasteiger partial charge in [-0.2, -0.15) is 0 Å². The number of para-hydroxylation sites is 2. The van der Waals surface area contributed by atoms with E-state index in [9.17, 15) is 4.21 Å². The molecule has 148 valence electrons. The SMILES string of the molecule is Cc1c(OC2COC(C)(C)OC2)ccnc1CS(=O)c1nc2ccccc2[n-]1.[Na+]. The third kappa shape index (κ3) is 5.25. The molecule has 29 heavy (non-hydrogen) atoms. The minimum absolute atomic E-state index is 0. The Hall–Kier alpha value is -1.29. The van der Waals surface area contributed by atoms with Crippen molar-refractivity contribution in [3.8, 4) is 5.75 Å². The Kier molecular flexibility index (Phi) is 7.14. The van der Waals surface area contributed by atoms with E-state index in [1.807, 2.05) is 45.0 Å². The molecule has 3 heterocycles. The molecule has 0 bridgehead atoms. The van der Waals surface area contributed by atoms with Gasteiger partial charge in [0.1, 0.15) is 11.9 Å². The number of hydrogen-bond donors (Lipinski definition) is 0. The van der Waals surface area contributed by atoms with Crippen LogP contribution in [0.2, 0.25) is 0 Å². The van der Waals surface area contributed by atoms with Crippen LogP contribution in [0.4, 0.5) is 0 Å². The van der Waals surface area contributed by atoms with E-state index in [0.29, 0.717) is 29.8 Å². The molecule has 2 aromatic heterocycles. The van der Waals surface area contributed by atoms with Crippen LogP contribution in [0, 0.1) is 6.92 Å². The van der Waals surface area contributed by atoms with Crippen molar-refractivity contribution in [1.29, 1.82) is 0 Å². The molecule has 1 aromatic carbocycles. The van der Waals surface area contributed by atoms with Crippen molar-refractivity contribution >= 4 is 21.8 Å². The summed E-state index contributed by atoms with van der Waals surface area (Å²) in [5, 5.41) is 0.324. The van der Waals surface area contributed by atoms with Crippen molar-refractivity contribution < 1.29 is 48.0 Å². The van der Waals surface area contributed by atoms with Crippen LogP contribution in [0.3, 0.4) is 0 Å². The smallest absolute Gasteiger partial charge is 0.485 e. The zero-order chi connectivity index (χ0) is 19.7. The zero-order valence-corrected chi connectivity index (χ0v) is 19.9. The third-order valence-corrected chi connectivity index (χ3v) is 5.70. The van der Waals surface area contributed by atoms with Crippen molar-refractivity contribution in [2.75, 3.05) is 13.2 Å². The van der Waals surface area contributed by atoms with Crippen molar-refractivity contribution in [2.24, 2.45) is 0 Å². The maximum Gasteiger partial charge on any atom is 1.00 e. The van der Waals surface area contributed by atoms with Gasteiger partial charge in [-0.05, 0) is 37.9 Å². The number of hydrogen-bond acceptors (Lipinski definition) is 6. The average Bonchev–Trinajstić information content (AvgIpc) is 3.11. The van der Waals surface area contributed by atoms with E-state index in [0.717, 1.165) is 16.6 Å². The molecule has 0 saturated carbocycles. The third-order valence-electron chi connectivity index (χ3n) is 4.57. The average molecular weight is 423 g/mol. The molecule has 0 radical (unpaired) electrons. The largest absolute Gasteiger partial charge is 1.00 e. The summed E-state index contributed by atoms with van der Waals surface area (Å²) in [6.07, 6.45) is 1.46. The van der Waals surface area contributed by atoms with Crippen molar-refractivity contribution in [3.63, 3.8) is 0 Å². The Morgan fingerprint density at radius 3 is 2.69 bits per heavy atom. The second-order valence-corrected chi connectivity index (χ2v) is 8.47. The molecule has 0 N–H and O–H groups in total. The Bertz CT molecular complexity index is 981. The van der Waals surface area contributed by atoms with Gasteiger partial charge in [-0.3, -0.25) is 9.19 Å². The van der Waals surface area contributed by atoms with Gasteiger partial charge in [0, 0.05) is 16.9 Å². The summed E-state index contributed by atoms with van der Waals surface area (Å²) in [5.74, 6) is 0.329. The minimum atomic E-state index is -1.39. The number of fused-ring (bicyclic) bond motifs is 1. The number of pyridine rings is 1. The molecule has 4 rings (SSSR count). The maximum atomic E-state index is 12.8. The van der Waals surface area contributed by atoms with E-state index in [1.54, 1.807) is 12.3 Å².